The molecule has 0 aromatic heterocycles. The van der Waals surface area contributed by atoms with E-state index in [1.54, 1.807) is 0 Å². The lowest BCUT2D eigenvalue weighted by Crippen LogP contribution is -2.38. The number of unbranched alkanes of at least 4 members (excludes halogenated alkanes) is 13. The highest BCUT2D eigenvalue weighted by atomic mass is 16.6. The van der Waals surface area contributed by atoms with Crippen LogP contribution in [0.5, 0.6) is 0 Å². The molecule has 60 heavy (non-hydrogen) atoms. The lowest BCUT2D eigenvalue weighted by atomic mass is 9.84. The minimum Gasteiger partial charge on any atom is -0.465 e. The van der Waals surface area contributed by atoms with E-state index in [4.69, 9.17) is 18.9 Å². The SMILES string of the molecule is CCCCCCCC(=O)OC(CC)CC(CC(C)(COC(=O)CC(CCCCC)CCCCC)COC(=O)CC(CCCCC)CCCCC)OC(=O)CCCCN(C)C. The molecule has 0 heterocycles. The number of carbonyl (C=O) groups is 4. The second-order valence-corrected chi connectivity index (χ2v) is 18.8. The number of nitrogens with zero attached hydrogens (tertiary/aromatic N) is 1. The fourth-order valence-corrected chi connectivity index (χ4v) is 8.06. The molecule has 0 saturated heterocycles. The van der Waals surface area contributed by atoms with Crippen LogP contribution in [0.4, 0.5) is 0 Å². The molecule has 0 radical (unpaired) electrons. The summed E-state index contributed by atoms with van der Waals surface area (Å²) >= 11 is 0. The molecule has 2 atom stereocenters. The van der Waals surface area contributed by atoms with Crippen molar-refractivity contribution in [1.29, 1.82) is 0 Å². The van der Waals surface area contributed by atoms with Crippen LogP contribution in [0.1, 0.15) is 241 Å². The van der Waals surface area contributed by atoms with Gasteiger partial charge in [0.2, 0.25) is 0 Å². The van der Waals surface area contributed by atoms with Crippen LogP contribution in [0, 0.1) is 17.3 Å². The average molecular weight is 852 g/mol. The quantitative estimate of drug-likeness (QED) is 0.0337. The van der Waals surface area contributed by atoms with Gasteiger partial charge in [0.15, 0.2) is 0 Å². The van der Waals surface area contributed by atoms with Gasteiger partial charge in [0.05, 0.1) is 0 Å². The lowest BCUT2D eigenvalue weighted by molar-refractivity contribution is -0.165. The molecular weight excluding hydrogens is 755 g/mol. The van der Waals surface area contributed by atoms with Crippen molar-refractivity contribution in [3.05, 3.63) is 0 Å². The number of carbonyl (C=O) groups excluding carboxylic acids is 4. The molecule has 0 rings (SSSR count). The molecule has 0 aromatic carbocycles. The summed E-state index contributed by atoms with van der Waals surface area (Å²) in [4.78, 5) is 55.6. The molecule has 354 valence electrons. The molecule has 0 aliphatic rings. The number of ether oxygens (including phenoxy) is 4. The molecule has 9 heteroatoms. The zero-order valence-electron chi connectivity index (χ0n) is 40.9. The maximum atomic E-state index is 13.6. The summed E-state index contributed by atoms with van der Waals surface area (Å²) in [6.07, 6.45) is 26.0. The van der Waals surface area contributed by atoms with E-state index >= 15 is 0 Å². The van der Waals surface area contributed by atoms with E-state index in [9.17, 15) is 19.2 Å². The average Bonchev–Trinajstić information content (AvgIpc) is 3.20. The van der Waals surface area contributed by atoms with Gasteiger partial charge in [-0.25, -0.2) is 0 Å². The van der Waals surface area contributed by atoms with Crippen LogP contribution in [-0.4, -0.2) is 74.8 Å². The van der Waals surface area contributed by atoms with E-state index in [2.05, 4.69) is 39.5 Å². The fourth-order valence-electron chi connectivity index (χ4n) is 8.06. The lowest BCUT2D eigenvalue weighted by Gasteiger charge is -2.34. The van der Waals surface area contributed by atoms with Gasteiger partial charge >= 0.3 is 23.9 Å². The summed E-state index contributed by atoms with van der Waals surface area (Å²) in [5.74, 6) is -0.416. The van der Waals surface area contributed by atoms with Crippen molar-refractivity contribution < 1.29 is 38.1 Å². The predicted octanol–water partition coefficient (Wildman–Crippen LogP) is 13.5. The fraction of sp³-hybridized carbons (Fsp3) is 0.922. The molecule has 0 bridgehead atoms. The van der Waals surface area contributed by atoms with Gasteiger partial charge < -0.3 is 23.8 Å². The van der Waals surface area contributed by atoms with Gasteiger partial charge in [-0.05, 0) is 90.3 Å². The maximum absolute atomic E-state index is 13.6. The highest BCUT2D eigenvalue weighted by molar-refractivity contribution is 5.71. The molecule has 0 aliphatic carbocycles. The molecular formula is C51H97NO8. The monoisotopic (exact) mass is 852 g/mol. The van der Waals surface area contributed by atoms with Gasteiger partial charge in [0, 0.05) is 37.5 Å². The van der Waals surface area contributed by atoms with Crippen LogP contribution in [0.2, 0.25) is 0 Å². The van der Waals surface area contributed by atoms with Crippen LogP contribution >= 0.6 is 0 Å². The smallest absolute Gasteiger partial charge is 0.306 e. The molecule has 0 spiro atoms. The highest BCUT2D eigenvalue weighted by Crippen LogP contribution is 2.31. The van der Waals surface area contributed by atoms with Gasteiger partial charge in [-0.2, -0.15) is 0 Å². The minimum absolute atomic E-state index is 0.0391. The highest BCUT2D eigenvalue weighted by Gasteiger charge is 2.36. The van der Waals surface area contributed by atoms with E-state index in [1.165, 1.54) is 0 Å². The first-order chi connectivity index (χ1) is 28.8. The molecule has 0 fully saturated rings. The Balaban J connectivity index is 6.33. The Morgan fingerprint density at radius 3 is 1.27 bits per heavy atom. The van der Waals surface area contributed by atoms with Crippen molar-refractivity contribution in [1.82, 2.24) is 4.90 Å². The first kappa shape index (κ1) is 57.8. The van der Waals surface area contributed by atoms with Crippen molar-refractivity contribution in [3.8, 4) is 0 Å². The largest absolute Gasteiger partial charge is 0.465 e. The Morgan fingerprint density at radius 1 is 0.483 bits per heavy atom. The molecule has 0 aromatic rings. The third-order valence-electron chi connectivity index (χ3n) is 12.0. The Labute approximate surface area is 370 Å². The van der Waals surface area contributed by atoms with Crippen LogP contribution < -0.4 is 0 Å². The van der Waals surface area contributed by atoms with E-state index in [1.807, 2.05) is 27.9 Å². The summed E-state index contributed by atoms with van der Waals surface area (Å²) in [7, 11) is 4.04. The van der Waals surface area contributed by atoms with E-state index in [0.29, 0.717) is 44.9 Å². The second kappa shape index (κ2) is 38.5. The third-order valence-corrected chi connectivity index (χ3v) is 12.0. The van der Waals surface area contributed by atoms with Crippen molar-refractivity contribution in [2.45, 2.75) is 253 Å². The summed E-state index contributed by atoms with van der Waals surface area (Å²) < 4.78 is 24.4. The predicted molar refractivity (Wildman–Crippen MR) is 248 cm³/mol. The second-order valence-electron chi connectivity index (χ2n) is 18.8. The van der Waals surface area contributed by atoms with E-state index in [0.717, 1.165) is 148 Å². The van der Waals surface area contributed by atoms with Crippen molar-refractivity contribution in [2.75, 3.05) is 33.9 Å². The molecule has 0 N–H and O–H groups in total. The van der Waals surface area contributed by atoms with Crippen molar-refractivity contribution >= 4 is 23.9 Å². The molecule has 0 aliphatic heterocycles. The number of esters is 4. The van der Waals surface area contributed by atoms with Crippen molar-refractivity contribution in [3.63, 3.8) is 0 Å². The van der Waals surface area contributed by atoms with Crippen molar-refractivity contribution in [2.24, 2.45) is 17.3 Å². The normalized spacial score (nSPS) is 12.9. The number of hydrogen-bond donors (Lipinski definition) is 0. The minimum atomic E-state index is -0.831. The van der Waals surface area contributed by atoms with Crippen LogP contribution in [-0.2, 0) is 38.1 Å². The topological polar surface area (TPSA) is 108 Å². The van der Waals surface area contributed by atoms with Gasteiger partial charge in [-0.1, -0.05) is 151 Å². The van der Waals surface area contributed by atoms with E-state index < -0.39 is 17.6 Å². The Morgan fingerprint density at radius 2 is 0.867 bits per heavy atom. The molecule has 9 nitrogen and oxygen atoms in total. The molecule has 2 unspecified atom stereocenters. The van der Waals surface area contributed by atoms with Gasteiger partial charge in [-0.3, -0.25) is 19.2 Å². The van der Waals surface area contributed by atoms with Crippen LogP contribution in [0.3, 0.4) is 0 Å². The summed E-state index contributed by atoms with van der Waals surface area (Å²) in [5, 5.41) is 0. The zero-order chi connectivity index (χ0) is 44.9. The summed E-state index contributed by atoms with van der Waals surface area (Å²) in [5.41, 5.74) is -0.831. The van der Waals surface area contributed by atoms with Gasteiger partial charge in [-0.15, -0.1) is 0 Å². The summed E-state index contributed by atoms with van der Waals surface area (Å²) in [6.45, 7) is 15.9. The van der Waals surface area contributed by atoms with Crippen LogP contribution in [0.15, 0.2) is 0 Å². The van der Waals surface area contributed by atoms with Gasteiger partial charge in [0.25, 0.3) is 0 Å². The number of rotatable bonds is 42. The van der Waals surface area contributed by atoms with E-state index in [-0.39, 0.29) is 55.3 Å². The standard InChI is InChI=1S/C51H97NO8/c1-10-16-21-22-27-34-47(53)59-45(15-6)39-46(60-48(54)35-28-29-36-52(8)9)40-51(7,41-57-49(55)37-43(30-23-17-11-2)31-24-18-12-3)42-58-50(56)38-44(32-25-19-13-4)33-26-20-14-5/h43-46H,10-42H2,1-9H3. The zero-order valence-corrected chi connectivity index (χ0v) is 40.9. The third kappa shape index (κ3) is 33.5. The maximum Gasteiger partial charge on any atom is 0.306 e. The summed E-state index contributed by atoms with van der Waals surface area (Å²) in [6, 6.07) is 0. The van der Waals surface area contributed by atoms with Crippen LogP contribution in [0.25, 0.3) is 0 Å². The molecule has 0 amide bonds. The molecule has 0 saturated carbocycles. The first-order valence-corrected chi connectivity index (χ1v) is 25.2. The Bertz CT molecular complexity index is 1000. The first-order valence-electron chi connectivity index (χ1n) is 25.2. The Hall–Kier alpha value is -2.16. The van der Waals surface area contributed by atoms with Gasteiger partial charge in [0.1, 0.15) is 25.4 Å². The number of hydrogen-bond acceptors (Lipinski definition) is 9. The Kier molecular flexibility index (Phi) is 37.1.